The molecule has 0 spiro atoms. The van der Waals surface area contributed by atoms with Gasteiger partial charge in [0.2, 0.25) is 0 Å². The topological polar surface area (TPSA) is 64.9 Å². The van der Waals surface area contributed by atoms with E-state index in [0.29, 0.717) is 16.2 Å². The summed E-state index contributed by atoms with van der Waals surface area (Å²) in [5.41, 5.74) is 12.0. The summed E-state index contributed by atoms with van der Waals surface area (Å²) in [7, 11) is 0. The molecule has 0 saturated carbocycles. The molecular formula is C6H7N3S. The number of nitrogens with two attached hydrogens (primary N) is 2. The molecule has 1 heterocycles. The van der Waals surface area contributed by atoms with Gasteiger partial charge in [-0.25, -0.2) is 0 Å². The Bertz CT molecular complexity index is 259. The zero-order valence-corrected chi connectivity index (χ0v) is 6.06. The van der Waals surface area contributed by atoms with Crippen LogP contribution in [0.25, 0.3) is 0 Å². The highest BCUT2D eigenvalue weighted by Gasteiger charge is 1.94. The molecule has 1 aromatic rings. The van der Waals surface area contributed by atoms with Crippen LogP contribution in [0.5, 0.6) is 0 Å². The van der Waals surface area contributed by atoms with Crippen molar-refractivity contribution in [2.45, 2.75) is 0 Å². The van der Waals surface area contributed by atoms with Crippen molar-refractivity contribution in [1.29, 1.82) is 0 Å². The van der Waals surface area contributed by atoms with Gasteiger partial charge in [-0.15, -0.1) is 0 Å². The molecule has 0 amide bonds. The summed E-state index contributed by atoms with van der Waals surface area (Å²) in [6.07, 6.45) is 3.13. The highest BCUT2D eigenvalue weighted by Crippen LogP contribution is 2.02. The lowest BCUT2D eigenvalue weighted by atomic mass is 10.3. The van der Waals surface area contributed by atoms with Crippen LogP contribution >= 0.6 is 12.2 Å². The molecule has 4 N–H and O–H groups in total. The smallest absolute Gasteiger partial charge is 0.105 e. The second kappa shape index (κ2) is 2.62. The van der Waals surface area contributed by atoms with E-state index in [1.54, 1.807) is 18.5 Å². The molecule has 0 unspecified atom stereocenters. The molecule has 0 bridgehead atoms. The minimum Gasteiger partial charge on any atom is -0.397 e. The van der Waals surface area contributed by atoms with Crippen molar-refractivity contribution < 1.29 is 0 Å². The highest BCUT2D eigenvalue weighted by molar-refractivity contribution is 7.80. The number of anilines is 1. The molecule has 1 rings (SSSR count). The van der Waals surface area contributed by atoms with E-state index in [9.17, 15) is 0 Å². The normalized spacial score (nSPS) is 9.20. The predicted octanol–water partition coefficient (Wildman–Crippen LogP) is 0.298. The van der Waals surface area contributed by atoms with E-state index in [1.165, 1.54) is 0 Å². The lowest BCUT2D eigenvalue weighted by molar-refractivity contribution is 1.32. The molecule has 0 atom stereocenters. The van der Waals surface area contributed by atoms with Crippen molar-refractivity contribution in [1.82, 2.24) is 4.98 Å². The van der Waals surface area contributed by atoms with Crippen LogP contribution in [0, 0.1) is 0 Å². The first kappa shape index (κ1) is 6.95. The number of pyridine rings is 1. The van der Waals surface area contributed by atoms with Gasteiger partial charge in [-0.3, -0.25) is 4.98 Å². The number of hydrogen-bond acceptors (Lipinski definition) is 3. The molecule has 3 nitrogen and oxygen atoms in total. The van der Waals surface area contributed by atoms with Crippen molar-refractivity contribution in [2.24, 2.45) is 5.73 Å². The molecule has 0 aliphatic carbocycles. The summed E-state index contributed by atoms with van der Waals surface area (Å²) in [6.45, 7) is 0. The van der Waals surface area contributed by atoms with Gasteiger partial charge >= 0.3 is 0 Å². The molecular weight excluding hydrogens is 146 g/mol. The van der Waals surface area contributed by atoms with E-state index in [4.69, 9.17) is 23.7 Å². The monoisotopic (exact) mass is 153 g/mol. The molecule has 0 saturated heterocycles. The van der Waals surface area contributed by atoms with Gasteiger partial charge in [-0.05, 0) is 6.07 Å². The fourth-order valence-electron chi connectivity index (χ4n) is 0.592. The Balaban J connectivity index is 3.07. The number of nitrogens with zero attached hydrogens (tertiary/aromatic N) is 1. The van der Waals surface area contributed by atoms with E-state index in [-0.39, 0.29) is 0 Å². The minimum absolute atomic E-state index is 0.319. The van der Waals surface area contributed by atoms with Crippen LogP contribution < -0.4 is 11.5 Å². The second-order valence-electron chi connectivity index (χ2n) is 1.87. The summed E-state index contributed by atoms with van der Waals surface area (Å²) < 4.78 is 0. The fraction of sp³-hybridized carbons (Fsp3) is 0. The third kappa shape index (κ3) is 1.41. The van der Waals surface area contributed by atoms with Crippen molar-refractivity contribution in [3.8, 4) is 0 Å². The van der Waals surface area contributed by atoms with Gasteiger partial charge < -0.3 is 11.5 Å². The molecule has 0 radical (unpaired) electrons. The Labute approximate surface area is 64.1 Å². The molecule has 0 aromatic carbocycles. The van der Waals surface area contributed by atoms with Gasteiger partial charge in [-0.1, -0.05) is 12.2 Å². The average molecular weight is 153 g/mol. The van der Waals surface area contributed by atoms with Crippen LogP contribution in [-0.4, -0.2) is 9.97 Å². The third-order valence-corrected chi connectivity index (χ3v) is 1.28. The van der Waals surface area contributed by atoms with Gasteiger partial charge in [0.25, 0.3) is 0 Å². The molecule has 10 heavy (non-hydrogen) atoms. The molecule has 1 aromatic heterocycles. The molecule has 52 valence electrons. The highest BCUT2D eigenvalue weighted by atomic mass is 32.1. The quantitative estimate of drug-likeness (QED) is 0.569. The van der Waals surface area contributed by atoms with E-state index >= 15 is 0 Å². The summed E-state index contributed by atoms with van der Waals surface area (Å²) in [5.74, 6) is 0. The zero-order chi connectivity index (χ0) is 7.56. The van der Waals surface area contributed by atoms with Gasteiger partial charge in [0.05, 0.1) is 5.69 Å². The van der Waals surface area contributed by atoms with Crippen molar-refractivity contribution in [3.63, 3.8) is 0 Å². The standard InChI is InChI=1S/C6H7N3S/c7-5-1-4(6(8)10)2-9-3-5/h1-3H,7H2,(H2,8,10). The molecule has 0 aliphatic rings. The van der Waals surface area contributed by atoms with Crippen LogP contribution in [0.15, 0.2) is 18.5 Å². The lowest BCUT2D eigenvalue weighted by Gasteiger charge is -1.96. The Hall–Kier alpha value is -1.16. The van der Waals surface area contributed by atoms with Gasteiger partial charge in [-0.2, -0.15) is 0 Å². The van der Waals surface area contributed by atoms with Crippen LogP contribution in [0.4, 0.5) is 5.69 Å². The number of hydrogen-bond donors (Lipinski definition) is 2. The fourth-order valence-corrected chi connectivity index (χ4v) is 0.704. The van der Waals surface area contributed by atoms with Crippen LogP contribution in [0.1, 0.15) is 5.56 Å². The lowest BCUT2D eigenvalue weighted by Crippen LogP contribution is -2.09. The summed E-state index contributed by atoms with van der Waals surface area (Å²) >= 11 is 4.70. The summed E-state index contributed by atoms with van der Waals surface area (Å²) in [6, 6.07) is 1.69. The Morgan fingerprint density at radius 1 is 1.50 bits per heavy atom. The first-order valence-electron chi connectivity index (χ1n) is 2.70. The molecule has 4 heteroatoms. The molecule has 0 fully saturated rings. The van der Waals surface area contributed by atoms with Crippen LogP contribution in [0.3, 0.4) is 0 Å². The first-order valence-corrected chi connectivity index (χ1v) is 3.11. The van der Waals surface area contributed by atoms with E-state index < -0.39 is 0 Å². The number of thiocarbonyl (C=S) groups is 1. The minimum atomic E-state index is 0.319. The number of nitrogen functional groups attached to an aromatic ring is 1. The van der Waals surface area contributed by atoms with E-state index in [0.717, 1.165) is 0 Å². The van der Waals surface area contributed by atoms with Gasteiger partial charge in [0, 0.05) is 18.0 Å². The maximum atomic E-state index is 5.42. The van der Waals surface area contributed by atoms with Crippen LogP contribution in [-0.2, 0) is 0 Å². The summed E-state index contributed by atoms with van der Waals surface area (Å²) in [4.78, 5) is 4.13. The number of rotatable bonds is 1. The van der Waals surface area contributed by atoms with Crippen molar-refractivity contribution in [3.05, 3.63) is 24.0 Å². The number of aromatic nitrogens is 1. The van der Waals surface area contributed by atoms with Crippen LogP contribution in [0.2, 0.25) is 0 Å². The van der Waals surface area contributed by atoms with Crippen molar-refractivity contribution >= 4 is 22.9 Å². The Morgan fingerprint density at radius 3 is 2.60 bits per heavy atom. The SMILES string of the molecule is NC(=S)c1cncc(N)c1. The largest absolute Gasteiger partial charge is 0.397 e. The van der Waals surface area contributed by atoms with E-state index in [1.807, 2.05) is 0 Å². The maximum Gasteiger partial charge on any atom is 0.105 e. The zero-order valence-electron chi connectivity index (χ0n) is 5.24. The maximum absolute atomic E-state index is 5.42. The Kier molecular flexibility index (Phi) is 1.82. The predicted molar refractivity (Wildman–Crippen MR) is 44.5 cm³/mol. The molecule has 0 aliphatic heterocycles. The third-order valence-electron chi connectivity index (χ3n) is 1.04. The average Bonchev–Trinajstić information content (AvgIpc) is 1.88. The van der Waals surface area contributed by atoms with Crippen molar-refractivity contribution in [2.75, 3.05) is 5.73 Å². The van der Waals surface area contributed by atoms with Gasteiger partial charge in [0.1, 0.15) is 4.99 Å². The van der Waals surface area contributed by atoms with Gasteiger partial charge in [0.15, 0.2) is 0 Å². The second-order valence-corrected chi connectivity index (χ2v) is 2.31. The van der Waals surface area contributed by atoms with E-state index in [2.05, 4.69) is 4.98 Å². The first-order chi connectivity index (χ1) is 4.70. The Morgan fingerprint density at radius 2 is 2.20 bits per heavy atom. The summed E-state index contributed by atoms with van der Waals surface area (Å²) in [5, 5.41) is 0.